The van der Waals surface area contributed by atoms with Gasteiger partial charge in [-0.1, -0.05) is 53.3 Å². The van der Waals surface area contributed by atoms with Crippen LogP contribution in [0.3, 0.4) is 0 Å². The van der Waals surface area contributed by atoms with Gasteiger partial charge in [0.15, 0.2) is 20.8 Å². The lowest BCUT2D eigenvalue weighted by atomic mass is 10.1. The third-order valence-electron chi connectivity index (χ3n) is 4.62. The van der Waals surface area contributed by atoms with E-state index in [0.717, 1.165) is 22.2 Å². The van der Waals surface area contributed by atoms with Gasteiger partial charge in [0.2, 0.25) is 0 Å². The highest BCUT2D eigenvalue weighted by Crippen LogP contribution is 2.31. The van der Waals surface area contributed by atoms with Crippen molar-refractivity contribution in [3.05, 3.63) is 60.6 Å². The molecule has 0 N–H and O–H groups in total. The Morgan fingerprint density at radius 1 is 1.29 bits per heavy atom. The molecule has 1 unspecified atom stereocenters. The molecule has 1 aliphatic rings. The van der Waals surface area contributed by atoms with Crippen LogP contribution in [-0.2, 0) is 22.1 Å². The first-order chi connectivity index (χ1) is 13.6. The van der Waals surface area contributed by atoms with Crippen molar-refractivity contribution in [1.29, 1.82) is 0 Å². The minimum Gasteiger partial charge on any atom is -0.356 e. The molecule has 0 saturated carbocycles. The van der Waals surface area contributed by atoms with Crippen molar-refractivity contribution in [2.24, 2.45) is 0 Å². The van der Waals surface area contributed by atoms with Crippen molar-refractivity contribution in [3.8, 4) is 11.3 Å². The van der Waals surface area contributed by atoms with Crippen molar-refractivity contribution in [1.82, 2.24) is 19.9 Å². The number of benzene rings is 1. The minimum atomic E-state index is -2.98. The van der Waals surface area contributed by atoms with Gasteiger partial charge < -0.3 is 9.09 Å². The summed E-state index contributed by atoms with van der Waals surface area (Å²) >= 11 is 1.50. The number of aromatic nitrogens is 4. The van der Waals surface area contributed by atoms with E-state index in [2.05, 4.69) is 21.9 Å². The van der Waals surface area contributed by atoms with Crippen LogP contribution in [-0.4, -0.2) is 39.8 Å². The zero-order valence-electron chi connectivity index (χ0n) is 15.2. The van der Waals surface area contributed by atoms with Crippen molar-refractivity contribution in [3.63, 3.8) is 0 Å². The van der Waals surface area contributed by atoms with Gasteiger partial charge in [0.25, 0.3) is 0 Å². The van der Waals surface area contributed by atoms with Gasteiger partial charge in [-0.2, -0.15) is 0 Å². The van der Waals surface area contributed by atoms with Crippen molar-refractivity contribution < 1.29 is 12.9 Å². The van der Waals surface area contributed by atoms with E-state index >= 15 is 0 Å². The molecule has 3 aromatic rings. The van der Waals surface area contributed by atoms with E-state index in [-0.39, 0.29) is 17.4 Å². The molecule has 28 heavy (non-hydrogen) atoms. The molecule has 7 nitrogen and oxygen atoms in total. The predicted molar refractivity (Wildman–Crippen MR) is 108 cm³/mol. The summed E-state index contributed by atoms with van der Waals surface area (Å²) in [6.45, 7) is 4.33. The van der Waals surface area contributed by atoms with Crippen LogP contribution < -0.4 is 0 Å². The van der Waals surface area contributed by atoms with E-state index < -0.39 is 9.84 Å². The van der Waals surface area contributed by atoms with Gasteiger partial charge in [-0.25, -0.2) is 8.42 Å². The second kappa shape index (κ2) is 7.92. The van der Waals surface area contributed by atoms with E-state index in [1.807, 2.05) is 41.0 Å². The van der Waals surface area contributed by atoms with Gasteiger partial charge in [0, 0.05) is 29.8 Å². The molecule has 0 aliphatic carbocycles. The summed E-state index contributed by atoms with van der Waals surface area (Å²) in [4.78, 5) is 0. The Labute approximate surface area is 167 Å². The molecule has 3 heterocycles. The molecule has 0 amide bonds. The predicted octanol–water partition coefficient (Wildman–Crippen LogP) is 3.31. The molecule has 1 fully saturated rings. The SMILES string of the molecule is C=CCn1c(SCc2cc(-c3ccccc3)on2)nnc1C1CCS(=O)(=O)C1. The van der Waals surface area contributed by atoms with Crippen molar-refractivity contribution >= 4 is 21.6 Å². The van der Waals surface area contributed by atoms with Crippen LogP contribution in [0.1, 0.15) is 23.9 Å². The molecule has 9 heteroatoms. The third-order valence-corrected chi connectivity index (χ3v) is 7.39. The van der Waals surface area contributed by atoms with E-state index in [1.165, 1.54) is 11.8 Å². The topological polar surface area (TPSA) is 90.9 Å². The molecule has 1 aromatic carbocycles. The average Bonchev–Trinajstić information content (AvgIpc) is 3.40. The highest BCUT2D eigenvalue weighted by molar-refractivity contribution is 7.98. The number of rotatable bonds is 7. The maximum atomic E-state index is 11.8. The molecule has 4 rings (SSSR count). The molecule has 0 radical (unpaired) electrons. The monoisotopic (exact) mass is 416 g/mol. The van der Waals surface area contributed by atoms with Crippen molar-refractivity contribution in [2.75, 3.05) is 11.5 Å². The third kappa shape index (κ3) is 4.05. The lowest BCUT2D eigenvalue weighted by Crippen LogP contribution is -2.11. The number of thioether (sulfide) groups is 1. The molecule has 0 bridgehead atoms. The molecular formula is C19H20N4O3S2. The fourth-order valence-electron chi connectivity index (χ4n) is 3.26. The molecular weight excluding hydrogens is 396 g/mol. The smallest absolute Gasteiger partial charge is 0.191 e. The maximum Gasteiger partial charge on any atom is 0.191 e. The molecule has 1 atom stereocenters. The first-order valence-corrected chi connectivity index (χ1v) is 11.7. The Morgan fingerprint density at radius 2 is 2.11 bits per heavy atom. The summed E-state index contributed by atoms with van der Waals surface area (Å²) in [5.41, 5.74) is 1.79. The fourth-order valence-corrected chi connectivity index (χ4v) is 5.84. The summed E-state index contributed by atoms with van der Waals surface area (Å²) < 4.78 is 31.0. The van der Waals surface area contributed by atoms with Crippen LogP contribution in [0.25, 0.3) is 11.3 Å². The number of hydrogen-bond donors (Lipinski definition) is 0. The fraction of sp³-hybridized carbons (Fsp3) is 0.316. The quantitative estimate of drug-likeness (QED) is 0.431. The van der Waals surface area contributed by atoms with Crippen LogP contribution >= 0.6 is 11.8 Å². The highest BCUT2D eigenvalue weighted by atomic mass is 32.2. The van der Waals surface area contributed by atoms with E-state index in [4.69, 9.17) is 4.52 Å². The normalized spacial score (nSPS) is 18.4. The summed E-state index contributed by atoms with van der Waals surface area (Å²) in [5.74, 6) is 2.26. The lowest BCUT2D eigenvalue weighted by molar-refractivity contribution is 0.426. The summed E-state index contributed by atoms with van der Waals surface area (Å²) in [6, 6.07) is 11.7. The summed E-state index contributed by atoms with van der Waals surface area (Å²) in [7, 11) is -2.98. The standard InChI is InChI=1S/C19H20N4O3S2/c1-2-9-23-18(15-8-10-28(24,25)13-15)20-21-19(23)27-12-16-11-17(26-22-16)14-6-4-3-5-7-14/h2-7,11,15H,1,8-10,12-13H2. The maximum absolute atomic E-state index is 11.8. The van der Waals surface area contributed by atoms with E-state index in [1.54, 1.807) is 6.08 Å². The first kappa shape index (κ1) is 18.9. The van der Waals surface area contributed by atoms with Gasteiger partial charge in [-0.3, -0.25) is 0 Å². The Kier molecular flexibility index (Phi) is 5.36. The van der Waals surface area contributed by atoms with Gasteiger partial charge in [0.05, 0.1) is 17.2 Å². The van der Waals surface area contributed by atoms with Gasteiger partial charge >= 0.3 is 0 Å². The summed E-state index contributed by atoms with van der Waals surface area (Å²) in [6.07, 6.45) is 2.36. The second-order valence-corrected chi connectivity index (χ2v) is 9.85. The van der Waals surface area contributed by atoms with Crippen LogP contribution in [0.2, 0.25) is 0 Å². The van der Waals surface area contributed by atoms with Gasteiger partial charge in [-0.05, 0) is 6.42 Å². The number of allylic oxidation sites excluding steroid dienone is 1. The van der Waals surface area contributed by atoms with Crippen LogP contribution in [0.5, 0.6) is 0 Å². The zero-order chi connectivity index (χ0) is 19.6. The summed E-state index contributed by atoms with van der Waals surface area (Å²) in [5, 5.41) is 13.4. The number of nitrogens with zero attached hydrogens (tertiary/aromatic N) is 4. The number of sulfone groups is 1. The van der Waals surface area contributed by atoms with E-state index in [0.29, 0.717) is 24.5 Å². The highest BCUT2D eigenvalue weighted by Gasteiger charge is 2.33. The van der Waals surface area contributed by atoms with Crippen molar-refractivity contribution in [2.45, 2.75) is 29.8 Å². The van der Waals surface area contributed by atoms with Crippen LogP contribution in [0.4, 0.5) is 0 Å². The van der Waals surface area contributed by atoms with E-state index in [9.17, 15) is 8.42 Å². The Bertz CT molecular complexity index is 1070. The largest absolute Gasteiger partial charge is 0.356 e. The molecule has 146 valence electrons. The van der Waals surface area contributed by atoms with Gasteiger partial charge in [-0.15, -0.1) is 16.8 Å². The molecule has 2 aromatic heterocycles. The first-order valence-electron chi connectivity index (χ1n) is 8.94. The second-order valence-electron chi connectivity index (χ2n) is 6.68. The number of hydrogen-bond acceptors (Lipinski definition) is 7. The van der Waals surface area contributed by atoms with Gasteiger partial charge in [0.1, 0.15) is 5.82 Å². The molecule has 1 saturated heterocycles. The van der Waals surface area contributed by atoms with Crippen LogP contribution in [0.15, 0.2) is 58.7 Å². The lowest BCUT2D eigenvalue weighted by Gasteiger charge is -2.10. The minimum absolute atomic E-state index is 0.108. The average molecular weight is 417 g/mol. The molecule has 0 spiro atoms. The Balaban J connectivity index is 1.49. The van der Waals surface area contributed by atoms with Crippen LogP contribution in [0, 0.1) is 0 Å². The zero-order valence-corrected chi connectivity index (χ0v) is 16.8. The molecule has 1 aliphatic heterocycles. The Hall–Kier alpha value is -2.39. The Morgan fingerprint density at radius 3 is 2.82 bits per heavy atom.